The molecule has 15 heavy (non-hydrogen) atoms. The minimum atomic E-state index is -0.466. The summed E-state index contributed by atoms with van der Waals surface area (Å²) in [6.45, 7) is 0.774. The molecule has 0 aromatic carbocycles. The van der Waals surface area contributed by atoms with E-state index in [1.54, 1.807) is 0 Å². The van der Waals surface area contributed by atoms with Gasteiger partial charge in [0, 0.05) is 5.92 Å². The summed E-state index contributed by atoms with van der Waals surface area (Å²) < 4.78 is 4.77. The maximum Gasteiger partial charge on any atom is 0.416 e. The monoisotopic (exact) mass is 207 g/mol. The number of hydrogen-bond acceptors (Lipinski definition) is 3. The highest BCUT2D eigenvalue weighted by atomic mass is 16.6. The van der Waals surface area contributed by atoms with E-state index in [0.717, 1.165) is 12.8 Å². The average molecular weight is 207 g/mol. The number of fused-ring (bicyclic) bond motifs is 2. The van der Waals surface area contributed by atoms with Crippen LogP contribution in [0.1, 0.15) is 12.8 Å². The first-order chi connectivity index (χ1) is 7.25. The van der Waals surface area contributed by atoms with Crippen LogP contribution in [-0.2, 0) is 9.53 Å². The minimum Gasteiger partial charge on any atom is -0.447 e. The number of ether oxygens (including phenoxy) is 1. The number of rotatable bonds is 1. The van der Waals surface area contributed by atoms with Gasteiger partial charge in [-0.2, -0.15) is 0 Å². The van der Waals surface area contributed by atoms with E-state index < -0.39 is 6.09 Å². The molecule has 0 aromatic heterocycles. The predicted octanol–water partition coefficient (Wildman–Crippen LogP) is 1.18. The van der Waals surface area contributed by atoms with E-state index >= 15 is 0 Å². The van der Waals surface area contributed by atoms with Gasteiger partial charge in [0.25, 0.3) is 0 Å². The van der Waals surface area contributed by atoms with Crippen LogP contribution in [0.25, 0.3) is 0 Å². The molecule has 3 aliphatic rings. The maximum atomic E-state index is 12.0. The largest absolute Gasteiger partial charge is 0.447 e. The zero-order valence-corrected chi connectivity index (χ0v) is 8.39. The lowest BCUT2D eigenvalue weighted by atomic mass is 9.92. The number of imide groups is 1. The van der Waals surface area contributed by atoms with Crippen molar-refractivity contribution in [1.82, 2.24) is 4.90 Å². The summed E-state index contributed by atoms with van der Waals surface area (Å²) in [4.78, 5) is 24.5. The number of cyclic esters (lactones) is 1. The lowest BCUT2D eigenvalue weighted by molar-refractivity contribution is -0.132. The predicted molar refractivity (Wildman–Crippen MR) is 51.9 cm³/mol. The van der Waals surface area contributed by atoms with Crippen molar-refractivity contribution in [3.63, 3.8) is 0 Å². The smallest absolute Gasteiger partial charge is 0.416 e. The summed E-state index contributed by atoms with van der Waals surface area (Å²) in [5, 5.41) is 0. The fourth-order valence-corrected chi connectivity index (χ4v) is 2.86. The lowest BCUT2D eigenvalue weighted by Gasteiger charge is -2.20. The van der Waals surface area contributed by atoms with Crippen LogP contribution in [-0.4, -0.2) is 30.1 Å². The standard InChI is InChI=1S/C11H13NO3/c13-10(12-3-4-15-11(12)14)9-6-7-1-2-8(9)5-7/h1-2,7-9H,3-6H2/t7-,8+,9+/m0/s1. The van der Waals surface area contributed by atoms with Gasteiger partial charge in [0.05, 0.1) is 6.54 Å². The van der Waals surface area contributed by atoms with Crippen LogP contribution in [0.4, 0.5) is 4.79 Å². The van der Waals surface area contributed by atoms with Crippen molar-refractivity contribution in [2.24, 2.45) is 17.8 Å². The molecule has 4 heteroatoms. The van der Waals surface area contributed by atoms with Gasteiger partial charge >= 0.3 is 6.09 Å². The molecule has 0 spiro atoms. The van der Waals surface area contributed by atoms with Crippen molar-refractivity contribution in [3.8, 4) is 0 Å². The van der Waals surface area contributed by atoms with Gasteiger partial charge in [-0.1, -0.05) is 12.2 Å². The Bertz CT molecular complexity index is 350. The number of carbonyl (C=O) groups excluding carboxylic acids is 2. The normalized spacial score (nSPS) is 37.5. The summed E-state index contributed by atoms with van der Waals surface area (Å²) in [6, 6.07) is 0. The van der Waals surface area contributed by atoms with Gasteiger partial charge in [0.1, 0.15) is 6.61 Å². The highest BCUT2D eigenvalue weighted by Gasteiger charge is 2.43. The summed E-state index contributed by atoms with van der Waals surface area (Å²) in [5.74, 6) is 0.901. The molecule has 1 heterocycles. The Morgan fingerprint density at radius 3 is 2.80 bits per heavy atom. The Morgan fingerprint density at radius 1 is 1.40 bits per heavy atom. The fourth-order valence-electron chi connectivity index (χ4n) is 2.86. The molecule has 0 unspecified atom stereocenters. The van der Waals surface area contributed by atoms with Crippen molar-refractivity contribution in [2.45, 2.75) is 12.8 Å². The van der Waals surface area contributed by atoms with Gasteiger partial charge in [0.2, 0.25) is 5.91 Å². The van der Waals surface area contributed by atoms with Crippen LogP contribution < -0.4 is 0 Å². The molecule has 0 N–H and O–H groups in total. The van der Waals surface area contributed by atoms with Crippen molar-refractivity contribution >= 4 is 12.0 Å². The third-order valence-corrected chi connectivity index (χ3v) is 3.62. The Labute approximate surface area is 87.9 Å². The van der Waals surface area contributed by atoms with Gasteiger partial charge < -0.3 is 4.74 Å². The third kappa shape index (κ3) is 1.28. The second-order valence-corrected chi connectivity index (χ2v) is 4.49. The molecule has 3 rings (SSSR count). The summed E-state index contributed by atoms with van der Waals surface area (Å²) in [6.07, 6.45) is 5.84. The number of nitrogens with zero attached hydrogens (tertiary/aromatic N) is 1. The third-order valence-electron chi connectivity index (χ3n) is 3.62. The Kier molecular flexibility index (Phi) is 1.84. The van der Waals surface area contributed by atoms with E-state index in [2.05, 4.69) is 12.2 Å². The van der Waals surface area contributed by atoms with Crippen molar-refractivity contribution in [1.29, 1.82) is 0 Å². The Hall–Kier alpha value is -1.32. The van der Waals surface area contributed by atoms with Gasteiger partial charge in [-0.25, -0.2) is 9.69 Å². The second-order valence-electron chi connectivity index (χ2n) is 4.49. The van der Waals surface area contributed by atoms with Crippen molar-refractivity contribution in [2.75, 3.05) is 13.2 Å². The minimum absolute atomic E-state index is 0.0191. The molecular formula is C11H13NO3. The Morgan fingerprint density at radius 2 is 2.27 bits per heavy atom. The van der Waals surface area contributed by atoms with Crippen LogP contribution in [0.15, 0.2) is 12.2 Å². The fraction of sp³-hybridized carbons (Fsp3) is 0.636. The van der Waals surface area contributed by atoms with Crippen LogP contribution in [0.3, 0.4) is 0 Å². The summed E-state index contributed by atoms with van der Waals surface area (Å²) in [5.41, 5.74) is 0. The zero-order valence-electron chi connectivity index (χ0n) is 8.39. The van der Waals surface area contributed by atoms with E-state index in [1.807, 2.05) is 0 Å². The molecule has 80 valence electrons. The van der Waals surface area contributed by atoms with Gasteiger partial charge in [-0.3, -0.25) is 4.79 Å². The number of allylic oxidation sites excluding steroid dienone is 2. The van der Waals surface area contributed by atoms with Crippen LogP contribution in [0, 0.1) is 17.8 Å². The second kappa shape index (κ2) is 3.08. The van der Waals surface area contributed by atoms with Gasteiger partial charge in [0.15, 0.2) is 0 Å². The van der Waals surface area contributed by atoms with Crippen LogP contribution >= 0.6 is 0 Å². The Balaban J connectivity index is 1.75. The highest BCUT2D eigenvalue weighted by Crippen LogP contribution is 2.44. The molecule has 0 radical (unpaired) electrons. The summed E-state index contributed by atoms with van der Waals surface area (Å²) >= 11 is 0. The zero-order chi connectivity index (χ0) is 10.4. The quantitative estimate of drug-likeness (QED) is 0.606. The average Bonchev–Trinajstić information content (AvgIpc) is 2.91. The maximum absolute atomic E-state index is 12.0. The van der Waals surface area contributed by atoms with E-state index in [4.69, 9.17) is 4.74 Å². The number of carbonyl (C=O) groups is 2. The van der Waals surface area contributed by atoms with E-state index in [1.165, 1.54) is 4.90 Å². The molecule has 2 aliphatic carbocycles. The van der Waals surface area contributed by atoms with Gasteiger partial charge in [-0.15, -0.1) is 0 Å². The van der Waals surface area contributed by atoms with Crippen LogP contribution in [0.5, 0.6) is 0 Å². The molecule has 1 saturated carbocycles. The SMILES string of the molecule is O=C1OCCN1C(=O)[C@@H]1C[C@H]2C=C[C@@H]1C2. The first-order valence-electron chi connectivity index (χ1n) is 5.42. The summed E-state index contributed by atoms with van der Waals surface area (Å²) in [7, 11) is 0. The van der Waals surface area contributed by atoms with Crippen molar-refractivity contribution in [3.05, 3.63) is 12.2 Å². The topological polar surface area (TPSA) is 46.6 Å². The molecule has 2 fully saturated rings. The molecule has 2 amide bonds. The molecule has 2 bridgehead atoms. The first-order valence-corrected chi connectivity index (χ1v) is 5.42. The highest BCUT2D eigenvalue weighted by molar-refractivity contribution is 5.94. The number of amides is 2. The van der Waals surface area contributed by atoms with Crippen molar-refractivity contribution < 1.29 is 14.3 Å². The van der Waals surface area contributed by atoms with E-state index in [0.29, 0.717) is 25.0 Å². The molecule has 1 aliphatic heterocycles. The van der Waals surface area contributed by atoms with Gasteiger partial charge in [-0.05, 0) is 24.7 Å². The number of hydrogen-bond donors (Lipinski definition) is 0. The molecule has 4 nitrogen and oxygen atoms in total. The van der Waals surface area contributed by atoms with E-state index in [9.17, 15) is 9.59 Å². The molecular weight excluding hydrogens is 194 g/mol. The molecule has 1 saturated heterocycles. The van der Waals surface area contributed by atoms with E-state index in [-0.39, 0.29) is 11.8 Å². The van der Waals surface area contributed by atoms with Crippen LogP contribution in [0.2, 0.25) is 0 Å². The first kappa shape index (κ1) is 8.95. The lowest BCUT2D eigenvalue weighted by Crippen LogP contribution is -2.38. The molecule has 0 aromatic rings. The molecule has 3 atom stereocenters.